The van der Waals surface area contributed by atoms with Crippen molar-refractivity contribution >= 4 is 5.78 Å². The van der Waals surface area contributed by atoms with Gasteiger partial charge in [-0.2, -0.15) is 0 Å². The standard InChI is InChI=1S/C36H57N3O4/c1-25-4-6-28(7-5-25)21-43-31-9-11-32-30(20-31)8-10-33-34(37-27(3)38-35(32)33)29-13-16-39(17-14-29)18-19-41-22-36(23-42-24-36)15-12-26(2)40/h4-7,27,29-35,37-38H,8-24H2,1-3H3. The molecule has 5 aliphatic rings. The zero-order valence-corrected chi connectivity index (χ0v) is 27.0. The van der Waals surface area contributed by atoms with Crippen LogP contribution in [-0.2, 0) is 25.6 Å². The maximum atomic E-state index is 11.4. The van der Waals surface area contributed by atoms with E-state index in [2.05, 4.69) is 53.6 Å². The van der Waals surface area contributed by atoms with Crippen LogP contribution in [0.15, 0.2) is 24.3 Å². The van der Waals surface area contributed by atoms with Gasteiger partial charge in [-0.15, -0.1) is 0 Å². The molecule has 3 heterocycles. The predicted octanol–water partition coefficient (Wildman–Crippen LogP) is 5.10. The van der Waals surface area contributed by atoms with Gasteiger partial charge in [0.25, 0.3) is 0 Å². The van der Waals surface area contributed by atoms with E-state index in [-0.39, 0.29) is 11.2 Å². The summed E-state index contributed by atoms with van der Waals surface area (Å²) in [5, 5.41) is 8.07. The summed E-state index contributed by atoms with van der Waals surface area (Å²) < 4.78 is 18.1. The normalized spacial score (nSPS) is 34.6. The number of nitrogens with zero attached hydrogens (tertiary/aromatic N) is 1. The Labute approximate surface area is 260 Å². The molecule has 2 aliphatic carbocycles. The van der Waals surface area contributed by atoms with Crippen molar-refractivity contribution in [1.82, 2.24) is 15.5 Å². The summed E-state index contributed by atoms with van der Waals surface area (Å²) >= 11 is 0. The molecule has 7 unspecified atom stereocenters. The van der Waals surface area contributed by atoms with E-state index in [1.807, 2.05) is 0 Å². The van der Waals surface area contributed by atoms with E-state index in [0.717, 1.165) is 69.7 Å². The summed E-state index contributed by atoms with van der Waals surface area (Å²) in [6.45, 7) is 13.2. The van der Waals surface area contributed by atoms with Crippen molar-refractivity contribution < 1.29 is 19.0 Å². The van der Waals surface area contributed by atoms with E-state index in [1.165, 1.54) is 69.2 Å². The fraction of sp³-hybridized carbons (Fsp3) is 0.806. The highest BCUT2D eigenvalue weighted by atomic mass is 16.5. The maximum absolute atomic E-state index is 11.4. The second kappa shape index (κ2) is 14.4. The summed E-state index contributed by atoms with van der Waals surface area (Å²) in [4.78, 5) is 14.1. The van der Waals surface area contributed by atoms with E-state index in [9.17, 15) is 4.79 Å². The number of rotatable bonds is 12. The van der Waals surface area contributed by atoms with Crippen LogP contribution in [0.4, 0.5) is 0 Å². The molecule has 7 nitrogen and oxygen atoms in total. The number of carbonyl (C=O) groups is 1. The van der Waals surface area contributed by atoms with Crippen LogP contribution >= 0.6 is 0 Å². The van der Waals surface area contributed by atoms with Gasteiger partial charge in [-0.25, -0.2) is 0 Å². The Balaban J connectivity index is 0.939. The zero-order valence-electron chi connectivity index (χ0n) is 27.0. The molecule has 240 valence electrons. The number of benzene rings is 1. The predicted molar refractivity (Wildman–Crippen MR) is 170 cm³/mol. The topological polar surface area (TPSA) is 72.1 Å². The molecule has 7 heteroatoms. The van der Waals surface area contributed by atoms with Crippen molar-refractivity contribution in [2.75, 3.05) is 46.1 Å². The third-order valence-electron chi connectivity index (χ3n) is 11.7. The number of nitrogens with one attached hydrogen (secondary N) is 2. The number of carbonyl (C=O) groups excluding carboxylic acids is 1. The molecule has 43 heavy (non-hydrogen) atoms. The largest absolute Gasteiger partial charge is 0.380 e. The number of piperidine rings is 1. The SMILES string of the molecule is CC(=O)CCC1(COCCN2CCC(C3NC(C)NC4C5CCC(OCc6ccc(C)cc6)CC5CCC34)CC2)COC1. The van der Waals surface area contributed by atoms with E-state index in [0.29, 0.717) is 30.8 Å². The highest BCUT2D eigenvalue weighted by Crippen LogP contribution is 2.47. The Morgan fingerprint density at radius 1 is 0.977 bits per heavy atom. The molecule has 7 atom stereocenters. The summed E-state index contributed by atoms with van der Waals surface area (Å²) in [6, 6.07) is 10.1. The van der Waals surface area contributed by atoms with Crippen LogP contribution in [0.1, 0.15) is 82.8 Å². The second-order valence-corrected chi connectivity index (χ2v) is 14.9. The monoisotopic (exact) mass is 595 g/mol. The van der Waals surface area contributed by atoms with Gasteiger partial charge in [0.1, 0.15) is 5.78 Å². The van der Waals surface area contributed by atoms with E-state index >= 15 is 0 Å². The minimum absolute atomic E-state index is 0.0687. The molecule has 2 saturated carbocycles. The minimum atomic E-state index is 0.0687. The van der Waals surface area contributed by atoms with Gasteiger partial charge in [0, 0.05) is 30.5 Å². The smallest absolute Gasteiger partial charge is 0.129 e. The first-order chi connectivity index (χ1) is 20.9. The Bertz CT molecular complexity index is 1040. The lowest BCUT2D eigenvalue weighted by atomic mass is 9.60. The van der Waals surface area contributed by atoms with Crippen LogP contribution in [0.5, 0.6) is 0 Å². The molecule has 3 aliphatic heterocycles. The molecule has 0 aromatic heterocycles. The molecule has 1 aromatic rings. The summed E-state index contributed by atoms with van der Waals surface area (Å²) in [5.74, 6) is 3.37. The highest BCUT2D eigenvalue weighted by molar-refractivity contribution is 5.75. The molecule has 0 spiro atoms. The molecule has 3 saturated heterocycles. The second-order valence-electron chi connectivity index (χ2n) is 14.9. The third kappa shape index (κ3) is 7.90. The Morgan fingerprint density at radius 2 is 1.72 bits per heavy atom. The van der Waals surface area contributed by atoms with Gasteiger partial charge >= 0.3 is 0 Å². The average Bonchev–Trinajstić information content (AvgIpc) is 2.99. The molecule has 1 aromatic carbocycles. The fourth-order valence-corrected chi connectivity index (χ4v) is 9.04. The van der Waals surface area contributed by atoms with Crippen LogP contribution in [0.2, 0.25) is 0 Å². The molecule has 0 bridgehead atoms. The first-order valence-corrected chi connectivity index (χ1v) is 17.4. The van der Waals surface area contributed by atoms with E-state index < -0.39 is 0 Å². The number of hydrogen-bond acceptors (Lipinski definition) is 7. The Kier molecular flexibility index (Phi) is 10.6. The number of fused-ring (bicyclic) bond motifs is 3. The van der Waals surface area contributed by atoms with Crippen LogP contribution in [0.25, 0.3) is 0 Å². The van der Waals surface area contributed by atoms with Gasteiger partial charge in [-0.1, -0.05) is 29.8 Å². The molecule has 0 radical (unpaired) electrons. The number of aryl methyl sites for hydroxylation is 1. The van der Waals surface area contributed by atoms with Crippen LogP contribution in [0, 0.1) is 36.0 Å². The number of hydrogen-bond donors (Lipinski definition) is 2. The first kappa shape index (κ1) is 31.6. The average molecular weight is 596 g/mol. The van der Waals surface area contributed by atoms with Gasteiger partial charge in [0.05, 0.1) is 45.3 Å². The zero-order chi connectivity index (χ0) is 29.8. The van der Waals surface area contributed by atoms with Gasteiger partial charge in [-0.3, -0.25) is 10.6 Å². The molecule has 6 rings (SSSR count). The number of likely N-dealkylation sites (tertiary alicyclic amines) is 1. The van der Waals surface area contributed by atoms with Crippen molar-refractivity contribution in [3.8, 4) is 0 Å². The lowest BCUT2D eigenvalue weighted by Gasteiger charge is -2.55. The summed E-state index contributed by atoms with van der Waals surface area (Å²) in [7, 11) is 0. The molecule has 0 amide bonds. The number of Topliss-reactive ketones (excluding diaryl/α,β-unsaturated/α-hetero) is 1. The lowest BCUT2D eigenvalue weighted by molar-refractivity contribution is -0.155. The van der Waals surface area contributed by atoms with Gasteiger partial charge in [0.2, 0.25) is 0 Å². The number of ether oxygens (including phenoxy) is 3. The van der Waals surface area contributed by atoms with Gasteiger partial charge in [0.15, 0.2) is 0 Å². The molecule has 2 N–H and O–H groups in total. The minimum Gasteiger partial charge on any atom is -0.380 e. The molecular weight excluding hydrogens is 538 g/mol. The van der Waals surface area contributed by atoms with Gasteiger partial charge < -0.3 is 23.9 Å². The lowest BCUT2D eigenvalue weighted by Crippen LogP contribution is -2.68. The van der Waals surface area contributed by atoms with Gasteiger partial charge in [-0.05, 0) is 114 Å². The fourth-order valence-electron chi connectivity index (χ4n) is 9.04. The Morgan fingerprint density at radius 3 is 2.44 bits per heavy atom. The number of ketones is 1. The van der Waals surface area contributed by atoms with Crippen molar-refractivity contribution in [3.05, 3.63) is 35.4 Å². The Hall–Kier alpha value is -1.35. The quantitative estimate of drug-likeness (QED) is 0.326. The third-order valence-corrected chi connectivity index (χ3v) is 11.7. The molecule has 5 fully saturated rings. The van der Waals surface area contributed by atoms with Crippen molar-refractivity contribution in [1.29, 1.82) is 0 Å². The van der Waals surface area contributed by atoms with Crippen LogP contribution in [-0.4, -0.2) is 81.1 Å². The summed E-state index contributed by atoms with van der Waals surface area (Å²) in [5.41, 5.74) is 2.68. The van der Waals surface area contributed by atoms with Crippen LogP contribution < -0.4 is 10.6 Å². The van der Waals surface area contributed by atoms with Crippen molar-refractivity contribution in [2.45, 2.75) is 110 Å². The maximum Gasteiger partial charge on any atom is 0.129 e. The van der Waals surface area contributed by atoms with Crippen molar-refractivity contribution in [2.24, 2.45) is 29.1 Å². The van der Waals surface area contributed by atoms with Crippen molar-refractivity contribution in [3.63, 3.8) is 0 Å². The van der Waals surface area contributed by atoms with Crippen LogP contribution in [0.3, 0.4) is 0 Å². The molecular formula is C36H57N3O4. The highest BCUT2D eigenvalue weighted by Gasteiger charge is 2.49. The first-order valence-electron chi connectivity index (χ1n) is 17.4. The summed E-state index contributed by atoms with van der Waals surface area (Å²) in [6.07, 6.45) is 11.3. The van der Waals surface area contributed by atoms with E-state index in [1.54, 1.807) is 6.92 Å². The van der Waals surface area contributed by atoms with E-state index in [4.69, 9.17) is 14.2 Å².